The average molecular weight is 272 g/mol. The number of carbonyl (C=O) groups excluding carboxylic acids is 1. The van der Waals surface area contributed by atoms with E-state index >= 15 is 0 Å². The summed E-state index contributed by atoms with van der Waals surface area (Å²) in [6.45, 7) is 0.205. The van der Waals surface area contributed by atoms with Crippen molar-refractivity contribution < 1.29 is 14.3 Å². The van der Waals surface area contributed by atoms with E-state index in [9.17, 15) is 4.79 Å². The second-order valence-corrected chi connectivity index (χ2v) is 4.21. The highest BCUT2D eigenvalue weighted by atomic mass is 16.5. The van der Waals surface area contributed by atoms with Crippen molar-refractivity contribution in [3.05, 3.63) is 53.6 Å². The van der Waals surface area contributed by atoms with Gasteiger partial charge in [0, 0.05) is 17.2 Å². The number of hydrogen-bond acceptors (Lipinski definition) is 4. The molecule has 0 bridgehead atoms. The van der Waals surface area contributed by atoms with Gasteiger partial charge in [-0.15, -0.1) is 0 Å². The fourth-order valence-electron chi connectivity index (χ4n) is 1.81. The molecule has 0 radical (unpaired) electrons. The van der Waals surface area contributed by atoms with Crippen LogP contribution in [0.4, 0.5) is 5.69 Å². The lowest BCUT2D eigenvalue weighted by molar-refractivity contribution is 0.0998. The first-order valence-corrected chi connectivity index (χ1v) is 6.06. The summed E-state index contributed by atoms with van der Waals surface area (Å²) >= 11 is 0. The van der Waals surface area contributed by atoms with E-state index in [0.717, 1.165) is 0 Å². The number of ether oxygens (including phenoxy) is 2. The fourth-order valence-corrected chi connectivity index (χ4v) is 1.81. The Bertz CT molecular complexity index is 626. The number of rotatable bonds is 5. The van der Waals surface area contributed by atoms with Crippen LogP contribution in [-0.4, -0.2) is 13.0 Å². The third-order valence-electron chi connectivity index (χ3n) is 2.89. The van der Waals surface area contributed by atoms with E-state index in [1.54, 1.807) is 43.5 Å². The number of methoxy groups -OCH3 is 1. The van der Waals surface area contributed by atoms with E-state index in [2.05, 4.69) is 0 Å². The third-order valence-corrected chi connectivity index (χ3v) is 2.89. The third kappa shape index (κ3) is 3.00. The summed E-state index contributed by atoms with van der Waals surface area (Å²) in [6, 6.07) is 12.2. The highest BCUT2D eigenvalue weighted by Gasteiger charge is 2.09. The van der Waals surface area contributed by atoms with E-state index in [1.807, 2.05) is 6.07 Å². The van der Waals surface area contributed by atoms with Crippen molar-refractivity contribution in [1.29, 1.82) is 0 Å². The molecule has 20 heavy (non-hydrogen) atoms. The van der Waals surface area contributed by atoms with Gasteiger partial charge in [0.15, 0.2) is 0 Å². The molecule has 0 saturated heterocycles. The van der Waals surface area contributed by atoms with E-state index in [0.29, 0.717) is 28.3 Å². The highest BCUT2D eigenvalue weighted by molar-refractivity contribution is 5.94. The summed E-state index contributed by atoms with van der Waals surface area (Å²) in [5.74, 6) is 0.670. The Balaban J connectivity index is 2.19. The summed E-state index contributed by atoms with van der Waals surface area (Å²) in [6.07, 6.45) is 0. The van der Waals surface area contributed by atoms with Crippen LogP contribution in [0, 0.1) is 0 Å². The van der Waals surface area contributed by atoms with Crippen molar-refractivity contribution in [2.75, 3.05) is 12.8 Å². The van der Waals surface area contributed by atoms with Crippen molar-refractivity contribution in [2.24, 2.45) is 5.73 Å². The van der Waals surface area contributed by atoms with Crippen molar-refractivity contribution in [2.45, 2.75) is 6.61 Å². The standard InChI is InChI=1S/C15H16N2O3/c1-19-11-6-7-13(16)14(8-11)20-9-10-4-2-3-5-12(10)15(17)18/h2-8H,9,16H2,1H3,(H2,17,18). The lowest BCUT2D eigenvalue weighted by Gasteiger charge is -2.12. The van der Waals surface area contributed by atoms with Gasteiger partial charge in [-0.1, -0.05) is 18.2 Å². The summed E-state index contributed by atoms with van der Waals surface area (Å²) in [5, 5.41) is 0. The smallest absolute Gasteiger partial charge is 0.249 e. The molecule has 104 valence electrons. The molecule has 5 nitrogen and oxygen atoms in total. The first kappa shape index (κ1) is 13.7. The van der Waals surface area contributed by atoms with Gasteiger partial charge in [0.05, 0.1) is 12.8 Å². The summed E-state index contributed by atoms with van der Waals surface area (Å²) in [7, 11) is 1.57. The maximum atomic E-state index is 11.3. The van der Waals surface area contributed by atoms with Crippen LogP contribution in [0.25, 0.3) is 0 Å². The number of carbonyl (C=O) groups is 1. The summed E-state index contributed by atoms with van der Waals surface area (Å²) < 4.78 is 10.8. The quantitative estimate of drug-likeness (QED) is 0.814. The predicted octanol–water partition coefficient (Wildman–Crippen LogP) is 1.96. The maximum absolute atomic E-state index is 11.3. The van der Waals surface area contributed by atoms with Crippen LogP contribution in [-0.2, 0) is 6.61 Å². The van der Waals surface area contributed by atoms with Crippen molar-refractivity contribution in [1.82, 2.24) is 0 Å². The minimum absolute atomic E-state index is 0.205. The Hall–Kier alpha value is -2.69. The van der Waals surface area contributed by atoms with Gasteiger partial charge in [0.25, 0.3) is 0 Å². The number of nitrogen functional groups attached to an aromatic ring is 1. The molecule has 2 rings (SSSR count). The van der Waals surface area contributed by atoms with Gasteiger partial charge < -0.3 is 20.9 Å². The first-order valence-electron chi connectivity index (χ1n) is 6.06. The second-order valence-electron chi connectivity index (χ2n) is 4.21. The topological polar surface area (TPSA) is 87.6 Å². The lowest BCUT2D eigenvalue weighted by atomic mass is 10.1. The number of primary amides is 1. The molecule has 0 saturated carbocycles. The first-order chi connectivity index (χ1) is 9.61. The molecule has 0 fully saturated rings. The molecule has 4 N–H and O–H groups in total. The zero-order valence-electron chi connectivity index (χ0n) is 11.1. The molecule has 2 aromatic carbocycles. The molecular weight excluding hydrogens is 256 g/mol. The molecule has 0 aromatic heterocycles. The average Bonchev–Trinajstić information content (AvgIpc) is 2.46. The summed E-state index contributed by atoms with van der Waals surface area (Å²) in [5.41, 5.74) is 12.8. The SMILES string of the molecule is COc1ccc(N)c(OCc2ccccc2C(N)=O)c1. The van der Waals surface area contributed by atoms with E-state index in [-0.39, 0.29) is 6.61 Å². The Morgan fingerprint density at radius 2 is 1.95 bits per heavy atom. The van der Waals surface area contributed by atoms with Gasteiger partial charge in [0.1, 0.15) is 18.1 Å². The molecule has 0 heterocycles. The number of anilines is 1. The fraction of sp³-hybridized carbons (Fsp3) is 0.133. The van der Waals surface area contributed by atoms with Crippen LogP contribution in [0.3, 0.4) is 0 Å². The van der Waals surface area contributed by atoms with Crippen molar-refractivity contribution >= 4 is 11.6 Å². The van der Waals surface area contributed by atoms with Gasteiger partial charge in [-0.2, -0.15) is 0 Å². The van der Waals surface area contributed by atoms with Crippen molar-refractivity contribution in [3.63, 3.8) is 0 Å². The van der Waals surface area contributed by atoms with Crippen molar-refractivity contribution in [3.8, 4) is 11.5 Å². The molecule has 0 spiro atoms. The highest BCUT2D eigenvalue weighted by Crippen LogP contribution is 2.27. The monoisotopic (exact) mass is 272 g/mol. The Morgan fingerprint density at radius 1 is 1.20 bits per heavy atom. The van der Waals surface area contributed by atoms with Gasteiger partial charge in [-0.3, -0.25) is 4.79 Å². The van der Waals surface area contributed by atoms with Crippen LogP contribution in [0.1, 0.15) is 15.9 Å². The summed E-state index contributed by atoms with van der Waals surface area (Å²) in [4.78, 5) is 11.3. The lowest BCUT2D eigenvalue weighted by Crippen LogP contribution is -2.14. The number of amides is 1. The number of nitrogens with two attached hydrogens (primary N) is 2. The molecule has 0 aliphatic rings. The van der Waals surface area contributed by atoms with Gasteiger partial charge >= 0.3 is 0 Å². The van der Waals surface area contributed by atoms with Crippen LogP contribution in [0.5, 0.6) is 11.5 Å². The minimum Gasteiger partial charge on any atom is -0.497 e. The van der Waals surface area contributed by atoms with E-state index in [1.165, 1.54) is 0 Å². The van der Waals surface area contributed by atoms with Crippen LogP contribution < -0.4 is 20.9 Å². The Morgan fingerprint density at radius 3 is 2.65 bits per heavy atom. The molecule has 5 heteroatoms. The molecule has 1 amide bonds. The van der Waals surface area contributed by atoms with Gasteiger partial charge in [-0.05, 0) is 18.2 Å². The van der Waals surface area contributed by atoms with E-state index < -0.39 is 5.91 Å². The minimum atomic E-state index is -0.484. The zero-order chi connectivity index (χ0) is 14.5. The largest absolute Gasteiger partial charge is 0.497 e. The normalized spacial score (nSPS) is 10.1. The number of benzene rings is 2. The van der Waals surface area contributed by atoms with Gasteiger partial charge in [0.2, 0.25) is 5.91 Å². The zero-order valence-corrected chi connectivity index (χ0v) is 11.1. The molecule has 0 unspecified atom stereocenters. The molecular formula is C15H16N2O3. The predicted molar refractivity (Wildman–Crippen MR) is 76.7 cm³/mol. The van der Waals surface area contributed by atoms with Crippen LogP contribution in [0.2, 0.25) is 0 Å². The molecule has 2 aromatic rings. The molecule has 0 aliphatic carbocycles. The number of hydrogen-bond donors (Lipinski definition) is 2. The Labute approximate surface area is 117 Å². The second kappa shape index (κ2) is 5.97. The van der Waals surface area contributed by atoms with Crippen LogP contribution >= 0.6 is 0 Å². The Kier molecular flexibility index (Phi) is 4.10. The maximum Gasteiger partial charge on any atom is 0.249 e. The van der Waals surface area contributed by atoms with E-state index in [4.69, 9.17) is 20.9 Å². The molecule has 0 atom stereocenters. The molecule has 0 aliphatic heterocycles. The van der Waals surface area contributed by atoms with Gasteiger partial charge in [-0.25, -0.2) is 0 Å². The van der Waals surface area contributed by atoms with Crippen LogP contribution in [0.15, 0.2) is 42.5 Å².